The fourth-order valence-electron chi connectivity index (χ4n) is 2.73. The van der Waals surface area contributed by atoms with Gasteiger partial charge in [-0.1, -0.05) is 36.7 Å². The number of hydrogen-bond donors (Lipinski definition) is 2. The van der Waals surface area contributed by atoms with Crippen LogP contribution in [0.15, 0.2) is 24.3 Å². The van der Waals surface area contributed by atoms with E-state index in [2.05, 4.69) is 10.4 Å². The molecule has 2 aromatic rings. The second-order valence-corrected chi connectivity index (χ2v) is 5.60. The van der Waals surface area contributed by atoms with Crippen LogP contribution in [0.3, 0.4) is 0 Å². The molecule has 1 unspecified atom stereocenters. The van der Waals surface area contributed by atoms with Gasteiger partial charge >= 0.3 is 0 Å². The van der Waals surface area contributed by atoms with E-state index in [1.807, 2.05) is 13.0 Å². The summed E-state index contributed by atoms with van der Waals surface area (Å²) < 4.78 is 1.63. The van der Waals surface area contributed by atoms with Crippen molar-refractivity contribution < 1.29 is 9.90 Å². The topological polar surface area (TPSA) is 67.1 Å². The molecule has 2 N–H and O–H groups in total. The zero-order valence-electron chi connectivity index (χ0n) is 11.9. The number of fused-ring (bicyclic) bond motifs is 1. The summed E-state index contributed by atoms with van der Waals surface area (Å²) in [5.41, 5.74) is 1.02. The molecule has 0 fully saturated rings. The summed E-state index contributed by atoms with van der Waals surface area (Å²) in [7, 11) is 1.77. The van der Waals surface area contributed by atoms with E-state index in [1.165, 1.54) is 0 Å². The molecule has 1 atom stereocenters. The molecule has 1 amide bonds. The van der Waals surface area contributed by atoms with E-state index < -0.39 is 11.5 Å². The van der Waals surface area contributed by atoms with Crippen molar-refractivity contribution in [3.05, 3.63) is 46.2 Å². The van der Waals surface area contributed by atoms with E-state index in [0.29, 0.717) is 28.4 Å². The van der Waals surface area contributed by atoms with Gasteiger partial charge in [0, 0.05) is 24.7 Å². The highest BCUT2D eigenvalue weighted by atomic mass is 35.5. The van der Waals surface area contributed by atoms with Crippen LogP contribution in [-0.4, -0.2) is 20.8 Å². The number of rotatable bonds is 3. The highest BCUT2D eigenvalue weighted by Crippen LogP contribution is 2.39. The SMILES string of the molecule is CCc1nn(C)c(CC2(O)C(=O)Nc3ccccc32)c1Cl. The Morgan fingerprint density at radius 3 is 2.81 bits per heavy atom. The van der Waals surface area contributed by atoms with Gasteiger partial charge in [0.25, 0.3) is 5.91 Å². The highest BCUT2D eigenvalue weighted by molar-refractivity contribution is 6.32. The number of amides is 1. The Balaban J connectivity index is 2.05. The third kappa shape index (κ3) is 2.04. The summed E-state index contributed by atoms with van der Waals surface area (Å²) in [4.78, 5) is 12.2. The van der Waals surface area contributed by atoms with E-state index in [1.54, 1.807) is 29.9 Å². The lowest BCUT2D eigenvalue weighted by molar-refractivity contribution is -0.133. The van der Waals surface area contributed by atoms with Crippen molar-refractivity contribution >= 4 is 23.2 Å². The van der Waals surface area contributed by atoms with Gasteiger partial charge < -0.3 is 10.4 Å². The van der Waals surface area contributed by atoms with Crippen LogP contribution >= 0.6 is 11.6 Å². The molecule has 0 aliphatic carbocycles. The van der Waals surface area contributed by atoms with Crippen LogP contribution in [0.25, 0.3) is 0 Å². The number of para-hydroxylation sites is 1. The third-order valence-corrected chi connectivity index (χ3v) is 4.36. The fourth-order valence-corrected chi connectivity index (χ4v) is 3.09. The number of aliphatic hydroxyl groups is 1. The lowest BCUT2D eigenvalue weighted by Crippen LogP contribution is -2.37. The van der Waals surface area contributed by atoms with Gasteiger partial charge in [-0.25, -0.2) is 0 Å². The largest absolute Gasteiger partial charge is 0.375 e. The molecule has 1 aliphatic rings. The van der Waals surface area contributed by atoms with Crippen LogP contribution in [0.4, 0.5) is 5.69 Å². The number of aromatic nitrogens is 2. The van der Waals surface area contributed by atoms with E-state index in [-0.39, 0.29) is 6.42 Å². The Bertz CT molecular complexity index is 726. The highest BCUT2D eigenvalue weighted by Gasteiger charge is 2.46. The molecule has 110 valence electrons. The molecule has 0 saturated heterocycles. The first-order chi connectivity index (χ1) is 9.97. The van der Waals surface area contributed by atoms with Crippen LogP contribution < -0.4 is 5.32 Å². The minimum atomic E-state index is -1.61. The van der Waals surface area contributed by atoms with Gasteiger partial charge in [0.2, 0.25) is 0 Å². The van der Waals surface area contributed by atoms with Crippen LogP contribution in [0.2, 0.25) is 5.02 Å². The van der Waals surface area contributed by atoms with Gasteiger partial charge in [-0.05, 0) is 12.5 Å². The molecule has 1 aliphatic heterocycles. The molecule has 0 spiro atoms. The van der Waals surface area contributed by atoms with E-state index in [4.69, 9.17) is 11.6 Å². The second-order valence-electron chi connectivity index (χ2n) is 5.22. The number of nitrogens with zero attached hydrogens (tertiary/aromatic N) is 2. The Morgan fingerprint density at radius 1 is 1.43 bits per heavy atom. The van der Waals surface area contributed by atoms with Crippen LogP contribution in [0, 0.1) is 0 Å². The van der Waals surface area contributed by atoms with Gasteiger partial charge in [-0.3, -0.25) is 9.48 Å². The van der Waals surface area contributed by atoms with E-state index in [9.17, 15) is 9.90 Å². The fraction of sp³-hybridized carbons (Fsp3) is 0.333. The van der Waals surface area contributed by atoms with Crippen molar-refractivity contribution in [1.29, 1.82) is 0 Å². The maximum atomic E-state index is 12.2. The van der Waals surface area contributed by atoms with Gasteiger partial charge in [0.15, 0.2) is 5.60 Å². The van der Waals surface area contributed by atoms with Crippen molar-refractivity contribution in [2.45, 2.75) is 25.4 Å². The van der Waals surface area contributed by atoms with Crippen molar-refractivity contribution in [1.82, 2.24) is 9.78 Å². The molecule has 21 heavy (non-hydrogen) atoms. The zero-order chi connectivity index (χ0) is 15.2. The molecule has 0 radical (unpaired) electrons. The van der Waals surface area contributed by atoms with Crippen molar-refractivity contribution in [3.63, 3.8) is 0 Å². The first kappa shape index (κ1) is 14.1. The zero-order valence-corrected chi connectivity index (χ0v) is 12.6. The van der Waals surface area contributed by atoms with E-state index >= 15 is 0 Å². The maximum Gasteiger partial charge on any atom is 0.261 e. The molecule has 2 heterocycles. The van der Waals surface area contributed by atoms with Gasteiger partial charge in [-0.2, -0.15) is 5.10 Å². The molecule has 1 aromatic carbocycles. The van der Waals surface area contributed by atoms with Crippen LogP contribution in [0.1, 0.15) is 23.9 Å². The first-order valence-electron chi connectivity index (χ1n) is 6.81. The first-order valence-corrected chi connectivity index (χ1v) is 7.18. The van der Waals surface area contributed by atoms with Crippen molar-refractivity contribution in [2.24, 2.45) is 7.05 Å². The van der Waals surface area contributed by atoms with Gasteiger partial charge in [-0.15, -0.1) is 0 Å². The van der Waals surface area contributed by atoms with Gasteiger partial charge in [0.1, 0.15) is 0 Å². The quantitative estimate of drug-likeness (QED) is 0.911. The minimum absolute atomic E-state index is 0.0954. The summed E-state index contributed by atoms with van der Waals surface area (Å²) in [5.74, 6) is -0.431. The number of benzene rings is 1. The average molecular weight is 306 g/mol. The second kappa shape index (κ2) is 4.86. The molecule has 6 heteroatoms. The lowest BCUT2D eigenvalue weighted by atomic mass is 9.90. The van der Waals surface area contributed by atoms with Crippen molar-refractivity contribution in [2.75, 3.05) is 5.32 Å². The number of halogens is 1. The smallest absolute Gasteiger partial charge is 0.261 e. The molecular weight excluding hydrogens is 290 g/mol. The minimum Gasteiger partial charge on any atom is -0.375 e. The van der Waals surface area contributed by atoms with E-state index in [0.717, 1.165) is 5.69 Å². The lowest BCUT2D eigenvalue weighted by Gasteiger charge is -2.21. The summed E-state index contributed by atoms with van der Waals surface area (Å²) >= 11 is 6.32. The summed E-state index contributed by atoms with van der Waals surface area (Å²) in [6.07, 6.45) is 0.798. The summed E-state index contributed by atoms with van der Waals surface area (Å²) in [5, 5.41) is 18.4. The maximum absolute atomic E-state index is 12.2. The third-order valence-electron chi connectivity index (χ3n) is 3.92. The predicted molar refractivity (Wildman–Crippen MR) is 80.3 cm³/mol. The Hall–Kier alpha value is -1.85. The Morgan fingerprint density at radius 2 is 2.14 bits per heavy atom. The molecule has 5 nitrogen and oxygen atoms in total. The number of aryl methyl sites for hydroxylation is 2. The molecule has 1 aromatic heterocycles. The average Bonchev–Trinajstić information content (AvgIpc) is 2.88. The number of carbonyl (C=O) groups is 1. The Labute approximate surface area is 127 Å². The van der Waals surface area contributed by atoms with Crippen LogP contribution in [0.5, 0.6) is 0 Å². The molecule has 0 saturated carbocycles. The van der Waals surface area contributed by atoms with Crippen molar-refractivity contribution in [3.8, 4) is 0 Å². The number of nitrogens with one attached hydrogen (secondary N) is 1. The summed E-state index contributed by atoms with van der Waals surface area (Å²) in [6.45, 7) is 1.96. The predicted octanol–water partition coefficient (Wildman–Crippen LogP) is 2.02. The normalized spacial score (nSPS) is 20.5. The molecule has 3 rings (SSSR count). The monoisotopic (exact) mass is 305 g/mol. The molecule has 0 bridgehead atoms. The van der Waals surface area contributed by atoms with Gasteiger partial charge in [0.05, 0.1) is 16.4 Å². The standard InChI is InChI=1S/C15H16ClN3O2/c1-3-10-13(16)12(19(2)18-10)8-15(21)9-6-4-5-7-11(9)17-14(15)20/h4-7,21H,3,8H2,1-2H3,(H,17,20). The molecular formula is C15H16ClN3O2. The number of carbonyl (C=O) groups excluding carboxylic acids is 1. The number of anilines is 1. The summed E-state index contributed by atoms with van der Waals surface area (Å²) in [6, 6.07) is 7.13. The van der Waals surface area contributed by atoms with Crippen LogP contribution in [-0.2, 0) is 30.3 Å². The Kier molecular flexibility index (Phi) is 3.26. The number of hydrogen-bond acceptors (Lipinski definition) is 3.